The van der Waals surface area contributed by atoms with E-state index in [2.05, 4.69) is 13.8 Å². The summed E-state index contributed by atoms with van der Waals surface area (Å²) in [6.07, 6.45) is 3.06. The van der Waals surface area contributed by atoms with Gasteiger partial charge >= 0.3 is 0 Å². The van der Waals surface area contributed by atoms with Crippen molar-refractivity contribution in [2.45, 2.75) is 52.6 Å². The molecule has 0 aliphatic carbocycles. The van der Waals surface area contributed by atoms with Gasteiger partial charge < -0.3 is 4.90 Å². The van der Waals surface area contributed by atoms with Crippen LogP contribution in [0.5, 0.6) is 0 Å². The molecular formula is C9H19NO. The molecule has 0 unspecified atom stereocenters. The molecule has 0 aromatic heterocycles. The Morgan fingerprint density at radius 3 is 1.82 bits per heavy atom. The Morgan fingerprint density at radius 1 is 1.27 bits per heavy atom. The number of hydrogen-bond donors (Lipinski definition) is 0. The van der Waals surface area contributed by atoms with Gasteiger partial charge in [0.25, 0.3) is 0 Å². The lowest BCUT2D eigenvalue weighted by Gasteiger charge is -2.30. The van der Waals surface area contributed by atoms with Crippen LogP contribution in [-0.2, 0) is 4.79 Å². The summed E-state index contributed by atoms with van der Waals surface area (Å²) in [6, 6.07) is 0.755. The molecule has 0 aromatic carbocycles. The lowest BCUT2D eigenvalue weighted by molar-refractivity contribution is -0.122. The van der Waals surface area contributed by atoms with E-state index in [0.29, 0.717) is 12.1 Å². The van der Waals surface area contributed by atoms with Crippen molar-refractivity contribution >= 4 is 6.41 Å². The SMILES string of the molecule is CCC(CC)N(C=O)C(C)C. The van der Waals surface area contributed by atoms with Gasteiger partial charge in [-0.05, 0) is 26.7 Å². The predicted molar refractivity (Wildman–Crippen MR) is 47.4 cm³/mol. The monoisotopic (exact) mass is 157 g/mol. The summed E-state index contributed by atoms with van der Waals surface area (Å²) >= 11 is 0. The third-order valence-corrected chi connectivity index (χ3v) is 2.08. The van der Waals surface area contributed by atoms with Crippen molar-refractivity contribution < 1.29 is 4.79 Å². The summed E-state index contributed by atoms with van der Waals surface area (Å²) in [7, 11) is 0. The van der Waals surface area contributed by atoms with E-state index in [9.17, 15) is 4.79 Å². The van der Waals surface area contributed by atoms with E-state index in [4.69, 9.17) is 0 Å². The molecule has 0 aliphatic heterocycles. The highest BCUT2D eigenvalue weighted by Crippen LogP contribution is 2.09. The molecule has 0 rings (SSSR count). The quantitative estimate of drug-likeness (QED) is 0.559. The fraction of sp³-hybridized carbons (Fsp3) is 0.889. The zero-order valence-corrected chi connectivity index (χ0v) is 8.00. The van der Waals surface area contributed by atoms with E-state index in [1.165, 1.54) is 0 Å². The minimum absolute atomic E-state index is 0.331. The maximum Gasteiger partial charge on any atom is 0.210 e. The van der Waals surface area contributed by atoms with E-state index in [1.807, 2.05) is 18.7 Å². The van der Waals surface area contributed by atoms with Gasteiger partial charge in [-0.2, -0.15) is 0 Å². The summed E-state index contributed by atoms with van der Waals surface area (Å²) in [6.45, 7) is 8.33. The number of hydrogen-bond acceptors (Lipinski definition) is 1. The van der Waals surface area contributed by atoms with Crippen molar-refractivity contribution in [2.24, 2.45) is 0 Å². The van der Waals surface area contributed by atoms with Crippen molar-refractivity contribution in [2.75, 3.05) is 0 Å². The fourth-order valence-corrected chi connectivity index (χ4v) is 1.34. The molecule has 1 amide bonds. The van der Waals surface area contributed by atoms with Crippen molar-refractivity contribution in [1.82, 2.24) is 4.90 Å². The van der Waals surface area contributed by atoms with Crippen LogP contribution in [0.15, 0.2) is 0 Å². The third-order valence-electron chi connectivity index (χ3n) is 2.08. The molecular weight excluding hydrogens is 138 g/mol. The number of nitrogens with zero attached hydrogens (tertiary/aromatic N) is 1. The van der Waals surface area contributed by atoms with Gasteiger partial charge in [-0.25, -0.2) is 0 Å². The Bertz CT molecular complexity index is 108. The van der Waals surface area contributed by atoms with E-state index in [1.54, 1.807) is 0 Å². The largest absolute Gasteiger partial charge is 0.340 e. The molecule has 0 aromatic rings. The minimum Gasteiger partial charge on any atom is -0.340 e. The molecule has 0 N–H and O–H groups in total. The van der Waals surface area contributed by atoms with Crippen molar-refractivity contribution in [3.63, 3.8) is 0 Å². The van der Waals surface area contributed by atoms with Crippen molar-refractivity contribution in [1.29, 1.82) is 0 Å². The van der Waals surface area contributed by atoms with Crippen LogP contribution in [0.1, 0.15) is 40.5 Å². The smallest absolute Gasteiger partial charge is 0.210 e. The van der Waals surface area contributed by atoms with Crippen LogP contribution in [0.2, 0.25) is 0 Å². The van der Waals surface area contributed by atoms with Crippen LogP contribution in [0, 0.1) is 0 Å². The molecule has 0 heterocycles. The first kappa shape index (κ1) is 10.5. The highest BCUT2D eigenvalue weighted by molar-refractivity contribution is 5.48. The number of carbonyl (C=O) groups excluding carboxylic acids is 1. The highest BCUT2D eigenvalue weighted by Gasteiger charge is 2.14. The second-order valence-corrected chi connectivity index (χ2v) is 3.12. The number of rotatable bonds is 5. The Hall–Kier alpha value is -0.530. The van der Waals surface area contributed by atoms with Crippen LogP contribution in [-0.4, -0.2) is 23.4 Å². The lowest BCUT2D eigenvalue weighted by atomic mass is 10.1. The van der Waals surface area contributed by atoms with Gasteiger partial charge in [0.15, 0.2) is 0 Å². The van der Waals surface area contributed by atoms with Gasteiger partial charge in [0.1, 0.15) is 0 Å². The molecule has 0 aliphatic rings. The van der Waals surface area contributed by atoms with Gasteiger partial charge in [-0.15, -0.1) is 0 Å². The maximum atomic E-state index is 10.6. The van der Waals surface area contributed by atoms with Gasteiger partial charge in [0.2, 0.25) is 6.41 Å². The zero-order chi connectivity index (χ0) is 8.85. The average molecular weight is 157 g/mol. The van der Waals surface area contributed by atoms with Gasteiger partial charge in [-0.1, -0.05) is 13.8 Å². The first-order valence-electron chi connectivity index (χ1n) is 4.40. The first-order chi connectivity index (χ1) is 5.17. The molecule has 0 saturated carbocycles. The molecule has 2 nitrogen and oxygen atoms in total. The lowest BCUT2D eigenvalue weighted by Crippen LogP contribution is -2.38. The zero-order valence-electron chi connectivity index (χ0n) is 8.00. The minimum atomic E-state index is 0.331. The molecule has 0 fully saturated rings. The first-order valence-corrected chi connectivity index (χ1v) is 4.40. The van der Waals surface area contributed by atoms with Crippen LogP contribution in [0.4, 0.5) is 0 Å². The Morgan fingerprint density at radius 2 is 1.73 bits per heavy atom. The topological polar surface area (TPSA) is 20.3 Å². The van der Waals surface area contributed by atoms with Gasteiger partial charge in [0.05, 0.1) is 0 Å². The van der Waals surface area contributed by atoms with Gasteiger partial charge in [0, 0.05) is 12.1 Å². The van der Waals surface area contributed by atoms with Crippen LogP contribution in [0.3, 0.4) is 0 Å². The van der Waals surface area contributed by atoms with E-state index < -0.39 is 0 Å². The Balaban J connectivity index is 4.08. The Labute approximate surface area is 69.6 Å². The molecule has 2 heteroatoms. The Kier molecular flexibility index (Phi) is 4.92. The maximum absolute atomic E-state index is 10.6. The molecule has 0 saturated heterocycles. The van der Waals surface area contributed by atoms with Crippen LogP contribution >= 0.6 is 0 Å². The second-order valence-electron chi connectivity index (χ2n) is 3.12. The van der Waals surface area contributed by atoms with Crippen molar-refractivity contribution in [3.8, 4) is 0 Å². The number of amides is 1. The molecule has 0 atom stereocenters. The molecule has 0 bridgehead atoms. The molecule has 0 radical (unpaired) electrons. The summed E-state index contributed by atoms with van der Waals surface area (Å²) in [4.78, 5) is 12.5. The fourth-order valence-electron chi connectivity index (χ4n) is 1.34. The summed E-state index contributed by atoms with van der Waals surface area (Å²) in [5.41, 5.74) is 0. The second kappa shape index (κ2) is 5.16. The summed E-state index contributed by atoms with van der Waals surface area (Å²) in [5.74, 6) is 0. The summed E-state index contributed by atoms with van der Waals surface area (Å²) < 4.78 is 0. The van der Waals surface area contributed by atoms with E-state index in [0.717, 1.165) is 19.3 Å². The normalized spacial score (nSPS) is 10.7. The summed E-state index contributed by atoms with van der Waals surface area (Å²) in [5, 5.41) is 0. The molecule has 11 heavy (non-hydrogen) atoms. The van der Waals surface area contributed by atoms with Gasteiger partial charge in [-0.3, -0.25) is 4.79 Å². The van der Waals surface area contributed by atoms with Crippen LogP contribution < -0.4 is 0 Å². The molecule has 66 valence electrons. The molecule has 0 spiro atoms. The predicted octanol–water partition coefficient (Wildman–Crippen LogP) is 2.04. The third kappa shape index (κ3) is 2.91. The van der Waals surface area contributed by atoms with E-state index >= 15 is 0 Å². The number of carbonyl (C=O) groups is 1. The highest BCUT2D eigenvalue weighted by atomic mass is 16.1. The van der Waals surface area contributed by atoms with E-state index in [-0.39, 0.29) is 0 Å². The average Bonchev–Trinajstić information content (AvgIpc) is 1.99. The standard InChI is InChI=1S/C9H19NO/c1-5-9(6-2)10(7-11)8(3)4/h7-9H,5-6H2,1-4H3. The van der Waals surface area contributed by atoms with Crippen LogP contribution in [0.25, 0.3) is 0 Å². The van der Waals surface area contributed by atoms with Crippen molar-refractivity contribution in [3.05, 3.63) is 0 Å².